The van der Waals surface area contributed by atoms with E-state index in [1.54, 1.807) is 11.0 Å². The van der Waals surface area contributed by atoms with Gasteiger partial charge in [-0.1, -0.05) is 15.9 Å². The standard InChI is InChI=1S/C16H19BrN2O4S/c1-24(22,23)7-6-18-14(20)9-19-10-16(4-5-16)13-8-11(17)2-3-12(13)15(19)21/h2-3,8H,4-7,9-10H2,1H3,(H,18,20). The van der Waals surface area contributed by atoms with Crippen molar-refractivity contribution in [2.45, 2.75) is 18.3 Å². The third-order valence-electron chi connectivity index (χ3n) is 4.55. The molecule has 0 saturated heterocycles. The molecule has 1 saturated carbocycles. The monoisotopic (exact) mass is 414 g/mol. The number of amides is 2. The van der Waals surface area contributed by atoms with Crippen molar-refractivity contribution < 1.29 is 18.0 Å². The summed E-state index contributed by atoms with van der Waals surface area (Å²) >= 11 is 3.45. The molecule has 1 fully saturated rings. The minimum atomic E-state index is -3.12. The number of carbonyl (C=O) groups is 2. The van der Waals surface area contributed by atoms with E-state index in [1.165, 1.54) is 0 Å². The molecule has 1 aliphatic carbocycles. The van der Waals surface area contributed by atoms with Crippen molar-refractivity contribution in [2.75, 3.05) is 31.6 Å². The number of carbonyl (C=O) groups excluding carboxylic acids is 2. The molecule has 2 aliphatic rings. The van der Waals surface area contributed by atoms with Gasteiger partial charge in [-0.15, -0.1) is 0 Å². The second-order valence-electron chi connectivity index (χ2n) is 6.61. The number of hydrogen-bond acceptors (Lipinski definition) is 4. The van der Waals surface area contributed by atoms with Crippen LogP contribution in [0.1, 0.15) is 28.8 Å². The van der Waals surface area contributed by atoms with Gasteiger partial charge in [-0.05, 0) is 36.6 Å². The predicted octanol–water partition coefficient (Wildman–Crippen LogP) is 1.10. The van der Waals surface area contributed by atoms with Crippen molar-refractivity contribution in [2.24, 2.45) is 0 Å². The second-order valence-corrected chi connectivity index (χ2v) is 9.79. The molecular weight excluding hydrogens is 396 g/mol. The highest BCUT2D eigenvalue weighted by atomic mass is 79.9. The minimum Gasteiger partial charge on any atom is -0.354 e. The van der Waals surface area contributed by atoms with E-state index in [4.69, 9.17) is 0 Å². The van der Waals surface area contributed by atoms with Gasteiger partial charge in [0, 0.05) is 34.8 Å². The molecule has 1 aromatic rings. The van der Waals surface area contributed by atoms with Gasteiger partial charge in [-0.2, -0.15) is 0 Å². The quantitative estimate of drug-likeness (QED) is 0.781. The van der Waals surface area contributed by atoms with Gasteiger partial charge in [-0.3, -0.25) is 9.59 Å². The molecule has 0 radical (unpaired) electrons. The summed E-state index contributed by atoms with van der Waals surface area (Å²) in [4.78, 5) is 26.2. The highest BCUT2D eigenvalue weighted by molar-refractivity contribution is 9.10. The van der Waals surface area contributed by atoms with Crippen LogP contribution in [0.5, 0.6) is 0 Å². The smallest absolute Gasteiger partial charge is 0.254 e. The molecule has 0 atom stereocenters. The lowest BCUT2D eigenvalue weighted by Crippen LogP contribution is -2.48. The van der Waals surface area contributed by atoms with Crippen LogP contribution < -0.4 is 5.32 Å². The first kappa shape index (κ1) is 17.4. The highest BCUT2D eigenvalue weighted by Crippen LogP contribution is 2.52. The van der Waals surface area contributed by atoms with E-state index >= 15 is 0 Å². The summed E-state index contributed by atoms with van der Waals surface area (Å²) in [5.41, 5.74) is 1.70. The minimum absolute atomic E-state index is 0.0277. The second kappa shape index (κ2) is 6.15. The fourth-order valence-electron chi connectivity index (χ4n) is 3.15. The zero-order chi connectivity index (χ0) is 17.5. The van der Waals surface area contributed by atoms with Crippen LogP contribution in [0.2, 0.25) is 0 Å². The number of hydrogen-bond donors (Lipinski definition) is 1. The molecular formula is C16H19BrN2O4S. The molecule has 6 nitrogen and oxygen atoms in total. The molecule has 1 heterocycles. The Morgan fingerprint density at radius 3 is 2.71 bits per heavy atom. The van der Waals surface area contributed by atoms with E-state index in [0.717, 1.165) is 29.1 Å². The summed E-state index contributed by atoms with van der Waals surface area (Å²) in [6.45, 7) is 0.559. The van der Waals surface area contributed by atoms with Crippen LogP contribution in [-0.4, -0.2) is 56.8 Å². The molecule has 8 heteroatoms. The number of rotatable bonds is 5. The Labute approximate surface area is 149 Å². The van der Waals surface area contributed by atoms with Gasteiger partial charge in [0.05, 0.1) is 12.3 Å². The molecule has 3 rings (SSSR count). The molecule has 0 unspecified atom stereocenters. The van der Waals surface area contributed by atoms with Crippen molar-refractivity contribution in [3.63, 3.8) is 0 Å². The van der Waals surface area contributed by atoms with Crippen LogP contribution in [-0.2, 0) is 20.0 Å². The highest BCUT2D eigenvalue weighted by Gasteiger charge is 2.51. The molecule has 24 heavy (non-hydrogen) atoms. The number of benzene rings is 1. The van der Waals surface area contributed by atoms with Crippen LogP contribution in [0.25, 0.3) is 0 Å². The van der Waals surface area contributed by atoms with Gasteiger partial charge < -0.3 is 10.2 Å². The van der Waals surface area contributed by atoms with Crippen LogP contribution >= 0.6 is 15.9 Å². The molecule has 0 bridgehead atoms. The van der Waals surface area contributed by atoms with Gasteiger partial charge in [-0.25, -0.2) is 8.42 Å². The van der Waals surface area contributed by atoms with Crippen molar-refractivity contribution >= 4 is 37.6 Å². The van der Waals surface area contributed by atoms with E-state index in [0.29, 0.717) is 12.1 Å². The molecule has 130 valence electrons. The van der Waals surface area contributed by atoms with Gasteiger partial charge in [0.15, 0.2) is 0 Å². The Hall–Kier alpha value is -1.41. The van der Waals surface area contributed by atoms with Crippen molar-refractivity contribution in [1.29, 1.82) is 0 Å². The average molecular weight is 415 g/mol. The Bertz CT molecular complexity index is 802. The van der Waals surface area contributed by atoms with Crippen LogP contribution in [0.4, 0.5) is 0 Å². The summed E-state index contributed by atoms with van der Waals surface area (Å²) in [5.74, 6) is -0.579. The summed E-state index contributed by atoms with van der Waals surface area (Å²) in [5, 5.41) is 2.57. The number of nitrogens with one attached hydrogen (secondary N) is 1. The van der Waals surface area contributed by atoms with E-state index in [2.05, 4.69) is 21.2 Å². The number of fused-ring (bicyclic) bond motifs is 2. The summed E-state index contributed by atoms with van der Waals surface area (Å²) in [6, 6.07) is 5.64. The maximum Gasteiger partial charge on any atom is 0.254 e. The van der Waals surface area contributed by atoms with Gasteiger partial charge >= 0.3 is 0 Å². The zero-order valence-electron chi connectivity index (χ0n) is 13.3. The molecule has 2 amide bonds. The molecule has 0 aromatic heterocycles. The average Bonchev–Trinajstić information content (AvgIpc) is 3.24. The topological polar surface area (TPSA) is 83.6 Å². The van der Waals surface area contributed by atoms with Gasteiger partial charge in [0.25, 0.3) is 5.91 Å². The van der Waals surface area contributed by atoms with Crippen molar-refractivity contribution in [3.05, 3.63) is 33.8 Å². The normalized spacial score (nSPS) is 18.4. The summed E-state index contributed by atoms with van der Waals surface area (Å²) in [7, 11) is -3.12. The van der Waals surface area contributed by atoms with Crippen molar-refractivity contribution in [1.82, 2.24) is 10.2 Å². The molecule has 1 aliphatic heterocycles. The van der Waals surface area contributed by atoms with Gasteiger partial charge in [0.2, 0.25) is 5.91 Å². The van der Waals surface area contributed by atoms with E-state index in [1.807, 2.05) is 12.1 Å². The van der Waals surface area contributed by atoms with E-state index in [9.17, 15) is 18.0 Å². The first-order chi connectivity index (χ1) is 11.2. The van der Waals surface area contributed by atoms with Crippen LogP contribution in [0.15, 0.2) is 22.7 Å². The van der Waals surface area contributed by atoms with Gasteiger partial charge in [0.1, 0.15) is 9.84 Å². The first-order valence-electron chi connectivity index (χ1n) is 7.74. The third-order valence-corrected chi connectivity index (χ3v) is 5.99. The fourth-order valence-corrected chi connectivity index (χ4v) is 3.98. The zero-order valence-corrected chi connectivity index (χ0v) is 15.7. The largest absolute Gasteiger partial charge is 0.354 e. The van der Waals surface area contributed by atoms with Crippen LogP contribution in [0, 0.1) is 0 Å². The van der Waals surface area contributed by atoms with E-state index in [-0.39, 0.29) is 36.1 Å². The first-order valence-corrected chi connectivity index (χ1v) is 10.6. The Kier molecular flexibility index (Phi) is 4.46. The van der Waals surface area contributed by atoms with E-state index < -0.39 is 9.84 Å². The lowest BCUT2D eigenvalue weighted by atomic mass is 9.86. The maximum absolute atomic E-state index is 12.6. The fraction of sp³-hybridized carbons (Fsp3) is 0.500. The predicted molar refractivity (Wildman–Crippen MR) is 93.7 cm³/mol. The van der Waals surface area contributed by atoms with Crippen molar-refractivity contribution in [3.8, 4) is 0 Å². The molecule has 1 N–H and O–H groups in total. The Morgan fingerprint density at radius 2 is 2.08 bits per heavy atom. The lowest BCUT2D eigenvalue weighted by molar-refractivity contribution is -0.121. The SMILES string of the molecule is CS(=O)(=O)CCNC(=O)CN1CC2(CC2)c2cc(Br)ccc2C1=O. The maximum atomic E-state index is 12.6. The number of sulfone groups is 1. The summed E-state index contributed by atoms with van der Waals surface area (Å²) in [6.07, 6.45) is 3.14. The lowest BCUT2D eigenvalue weighted by Gasteiger charge is -2.34. The number of nitrogens with zero attached hydrogens (tertiary/aromatic N) is 1. The Morgan fingerprint density at radius 1 is 1.38 bits per heavy atom. The number of halogens is 1. The molecule has 1 spiro atoms. The Balaban J connectivity index is 1.69. The third kappa shape index (κ3) is 3.64. The summed E-state index contributed by atoms with van der Waals surface area (Å²) < 4.78 is 23.1. The van der Waals surface area contributed by atoms with Crippen LogP contribution in [0.3, 0.4) is 0 Å². The molecule has 1 aromatic carbocycles.